The van der Waals surface area contributed by atoms with Crippen molar-refractivity contribution in [2.24, 2.45) is 0 Å². The molecule has 0 aromatic carbocycles. The molecule has 0 radical (unpaired) electrons. The Morgan fingerprint density at radius 3 is 1.82 bits per heavy atom. The van der Waals surface area contributed by atoms with E-state index in [0.717, 1.165) is 0 Å². The minimum atomic E-state index is -1.58. The van der Waals surface area contributed by atoms with E-state index in [-0.39, 0.29) is 19.3 Å². The lowest BCUT2D eigenvalue weighted by atomic mass is 9.64. The molecule has 11 heavy (non-hydrogen) atoms. The summed E-state index contributed by atoms with van der Waals surface area (Å²) in [5, 5.41) is 17.3. The first kappa shape index (κ1) is 8.94. The average Bonchev–Trinajstić information content (AvgIpc) is 1.85. The summed E-state index contributed by atoms with van der Waals surface area (Å²) >= 11 is 0. The standard InChI is InChI=1S/C6H11BF2O2/c8-5-1-4(7(10)11)2-6(9)3-5/h4-6,10-11H,1-3H2. The topological polar surface area (TPSA) is 40.5 Å². The number of hydrogen-bond acceptors (Lipinski definition) is 2. The molecule has 64 valence electrons. The van der Waals surface area contributed by atoms with Crippen molar-refractivity contribution in [3.8, 4) is 0 Å². The van der Waals surface area contributed by atoms with Gasteiger partial charge in [0.2, 0.25) is 0 Å². The van der Waals surface area contributed by atoms with Gasteiger partial charge in [0.05, 0.1) is 0 Å². The van der Waals surface area contributed by atoms with Crippen molar-refractivity contribution in [3.05, 3.63) is 0 Å². The van der Waals surface area contributed by atoms with Crippen LogP contribution in [0, 0.1) is 0 Å². The maximum atomic E-state index is 12.6. The van der Waals surface area contributed by atoms with E-state index in [4.69, 9.17) is 10.0 Å². The molecule has 0 heterocycles. The third-order valence-corrected chi connectivity index (χ3v) is 2.05. The minimum absolute atomic E-state index is 0.0675. The highest BCUT2D eigenvalue weighted by molar-refractivity contribution is 6.43. The van der Waals surface area contributed by atoms with Crippen LogP contribution in [0.3, 0.4) is 0 Å². The molecule has 0 spiro atoms. The van der Waals surface area contributed by atoms with Crippen molar-refractivity contribution in [2.45, 2.75) is 37.4 Å². The quantitative estimate of drug-likeness (QED) is 0.559. The normalized spacial score (nSPS) is 38.7. The molecule has 0 aliphatic heterocycles. The van der Waals surface area contributed by atoms with Gasteiger partial charge in [0.25, 0.3) is 0 Å². The summed E-state index contributed by atoms with van der Waals surface area (Å²) in [5.74, 6) is -0.631. The van der Waals surface area contributed by atoms with E-state index < -0.39 is 25.3 Å². The second-order valence-electron chi connectivity index (χ2n) is 3.08. The molecular formula is C6H11BF2O2. The molecule has 1 saturated carbocycles. The van der Waals surface area contributed by atoms with Crippen LogP contribution in [0.5, 0.6) is 0 Å². The molecule has 2 atom stereocenters. The Kier molecular flexibility index (Phi) is 2.84. The molecule has 2 nitrogen and oxygen atoms in total. The van der Waals surface area contributed by atoms with Gasteiger partial charge in [-0.15, -0.1) is 0 Å². The van der Waals surface area contributed by atoms with E-state index in [1.54, 1.807) is 0 Å². The first-order chi connectivity index (χ1) is 5.09. The number of rotatable bonds is 1. The molecule has 1 aliphatic rings. The van der Waals surface area contributed by atoms with Gasteiger partial charge in [-0.25, -0.2) is 8.78 Å². The zero-order chi connectivity index (χ0) is 8.43. The Labute approximate surface area is 64.4 Å². The fourth-order valence-electron chi connectivity index (χ4n) is 1.47. The Morgan fingerprint density at radius 2 is 1.45 bits per heavy atom. The van der Waals surface area contributed by atoms with Crippen molar-refractivity contribution in [3.63, 3.8) is 0 Å². The monoisotopic (exact) mass is 164 g/mol. The van der Waals surface area contributed by atoms with Crippen LogP contribution in [0.2, 0.25) is 5.82 Å². The van der Waals surface area contributed by atoms with Crippen LogP contribution < -0.4 is 0 Å². The Balaban J connectivity index is 2.43. The van der Waals surface area contributed by atoms with Crippen molar-refractivity contribution in [1.82, 2.24) is 0 Å². The predicted octanol–water partition coefficient (Wildman–Crippen LogP) is 0.690. The van der Waals surface area contributed by atoms with Gasteiger partial charge in [-0.1, -0.05) is 0 Å². The maximum Gasteiger partial charge on any atom is 0.454 e. The van der Waals surface area contributed by atoms with E-state index in [2.05, 4.69) is 0 Å². The van der Waals surface area contributed by atoms with Gasteiger partial charge < -0.3 is 10.0 Å². The van der Waals surface area contributed by atoms with Gasteiger partial charge in [-0.3, -0.25) is 0 Å². The van der Waals surface area contributed by atoms with E-state index in [9.17, 15) is 8.78 Å². The van der Waals surface area contributed by atoms with Crippen LogP contribution in [-0.2, 0) is 0 Å². The molecule has 1 fully saturated rings. The van der Waals surface area contributed by atoms with E-state index in [1.165, 1.54) is 0 Å². The van der Waals surface area contributed by atoms with Crippen LogP contribution in [0.25, 0.3) is 0 Å². The molecule has 0 bridgehead atoms. The maximum absolute atomic E-state index is 12.6. The minimum Gasteiger partial charge on any atom is -0.427 e. The summed E-state index contributed by atoms with van der Waals surface area (Å²) in [6, 6.07) is 0. The van der Waals surface area contributed by atoms with E-state index >= 15 is 0 Å². The Bertz CT molecular complexity index is 124. The molecule has 0 aromatic rings. The number of hydrogen-bond donors (Lipinski definition) is 2. The Hall–Kier alpha value is -0.155. The second-order valence-corrected chi connectivity index (χ2v) is 3.08. The first-order valence-corrected chi connectivity index (χ1v) is 3.74. The summed E-state index contributed by atoms with van der Waals surface area (Å²) in [4.78, 5) is 0. The lowest BCUT2D eigenvalue weighted by molar-refractivity contribution is 0.147. The zero-order valence-corrected chi connectivity index (χ0v) is 6.08. The fourth-order valence-corrected chi connectivity index (χ4v) is 1.47. The fraction of sp³-hybridized carbons (Fsp3) is 1.00. The molecule has 1 aliphatic carbocycles. The van der Waals surface area contributed by atoms with Gasteiger partial charge in [0.1, 0.15) is 12.3 Å². The van der Waals surface area contributed by atoms with Crippen LogP contribution in [0.15, 0.2) is 0 Å². The molecule has 5 heteroatoms. The van der Waals surface area contributed by atoms with Gasteiger partial charge >= 0.3 is 7.12 Å². The van der Waals surface area contributed by atoms with Crippen LogP contribution in [-0.4, -0.2) is 29.5 Å². The van der Waals surface area contributed by atoms with Gasteiger partial charge in [-0.05, 0) is 18.7 Å². The highest BCUT2D eigenvalue weighted by Crippen LogP contribution is 2.33. The molecule has 2 unspecified atom stereocenters. The molecule has 0 amide bonds. The van der Waals surface area contributed by atoms with E-state index in [0.29, 0.717) is 0 Å². The lowest BCUT2D eigenvalue weighted by Gasteiger charge is -2.26. The smallest absolute Gasteiger partial charge is 0.427 e. The summed E-state index contributed by atoms with van der Waals surface area (Å²) < 4.78 is 25.2. The van der Waals surface area contributed by atoms with Crippen molar-refractivity contribution in [2.75, 3.05) is 0 Å². The molecule has 0 aromatic heterocycles. The first-order valence-electron chi connectivity index (χ1n) is 3.74. The third kappa shape index (κ3) is 2.41. The van der Waals surface area contributed by atoms with Crippen LogP contribution >= 0.6 is 0 Å². The van der Waals surface area contributed by atoms with Crippen molar-refractivity contribution in [1.29, 1.82) is 0 Å². The van der Waals surface area contributed by atoms with Crippen LogP contribution in [0.4, 0.5) is 8.78 Å². The number of halogens is 2. The highest BCUT2D eigenvalue weighted by atomic mass is 19.1. The molecule has 0 saturated heterocycles. The lowest BCUT2D eigenvalue weighted by Crippen LogP contribution is -2.31. The van der Waals surface area contributed by atoms with Gasteiger partial charge in [0, 0.05) is 6.42 Å². The SMILES string of the molecule is OB(O)C1CC(F)CC(F)C1. The Morgan fingerprint density at radius 1 is 1.00 bits per heavy atom. The zero-order valence-electron chi connectivity index (χ0n) is 6.08. The number of alkyl halides is 2. The molecular weight excluding hydrogens is 153 g/mol. The van der Waals surface area contributed by atoms with Crippen molar-refractivity contribution >= 4 is 7.12 Å². The summed E-state index contributed by atoms with van der Waals surface area (Å²) in [6.45, 7) is 0. The largest absolute Gasteiger partial charge is 0.454 e. The average molecular weight is 164 g/mol. The van der Waals surface area contributed by atoms with Crippen molar-refractivity contribution < 1.29 is 18.8 Å². The van der Waals surface area contributed by atoms with Crippen LogP contribution in [0.1, 0.15) is 19.3 Å². The summed E-state index contributed by atoms with van der Waals surface area (Å²) in [5.41, 5.74) is 0. The molecule has 1 rings (SSSR count). The van der Waals surface area contributed by atoms with Gasteiger partial charge in [0.15, 0.2) is 0 Å². The molecule has 2 N–H and O–H groups in total. The van der Waals surface area contributed by atoms with E-state index in [1.807, 2.05) is 0 Å². The summed E-state index contributed by atoms with van der Waals surface area (Å²) in [7, 11) is -1.58. The van der Waals surface area contributed by atoms with Gasteiger partial charge in [-0.2, -0.15) is 0 Å². The summed E-state index contributed by atoms with van der Waals surface area (Å²) in [6.07, 6.45) is -2.39. The predicted molar refractivity (Wildman–Crippen MR) is 37.6 cm³/mol. The highest BCUT2D eigenvalue weighted by Gasteiger charge is 2.35. The second kappa shape index (κ2) is 3.49. The third-order valence-electron chi connectivity index (χ3n) is 2.05.